The Morgan fingerprint density at radius 3 is 2.70 bits per heavy atom. The maximum Gasteiger partial charge on any atom is 0.245 e. The fourth-order valence-electron chi connectivity index (χ4n) is 2.79. The van der Waals surface area contributed by atoms with Crippen LogP contribution in [0.3, 0.4) is 0 Å². The lowest BCUT2D eigenvalue weighted by atomic mass is 10.3. The zero-order chi connectivity index (χ0) is 19.6. The Labute approximate surface area is 156 Å². The van der Waals surface area contributed by atoms with Crippen molar-refractivity contribution in [2.75, 3.05) is 6.54 Å². The van der Waals surface area contributed by atoms with Crippen LogP contribution in [0.1, 0.15) is 36.7 Å². The molecule has 0 saturated heterocycles. The van der Waals surface area contributed by atoms with Gasteiger partial charge in [-0.05, 0) is 32.9 Å². The molecule has 0 radical (unpaired) electrons. The van der Waals surface area contributed by atoms with Gasteiger partial charge in [0, 0.05) is 13.0 Å². The second kappa shape index (κ2) is 7.49. The van der Waals surface area contributed by atoms with Crippen LogP contribution in [0, 0.1) is 13.8 Å². The number of aromatic amines is 1. The van der Waals surface area contributed by atoms with Crippen molar-refractivity contribution < 1.29 is 17.7 Å². The lowest BCUT2D eigenvalue weighted by Crippen LogP contribution is -2.32. The minimum Gasteiger partial charge on any atom is -0.360 e. The number of sulfonamides is 1. The highest BCUT2D eigenvalue weighted by atomic mass is 32.2. The number of hydrogen-bond acceptors (Lipinski definition) is 6. The third-order valence-corrected chi connectivity index (χ3v) is 5.78. The van der Waals surface area contributed by atoms with Crippen molar-refractivity contribution in [3.05, 3.63) is 41.5 Å². The van der Waals surface area contributed by atoms with Crippen LogP contribution in [0.15, 0.2) is 33.7 Å². The van der Waals surface area contributed by atoms with E-state index in [1.54, 1.807) is 6.92 Å². The van der Waals surface area contributed by atoms with Crippen LogP contribution in [0.5, 0.6) is 0 Å². The Hall–Kier alpha value is -2.72. The van der Waals surface area contributed by atoms with Crippen LogP contribution in [-0.4, -0.2) is 36.0 Å². The van der Waals surface area contributed by atoms with Gasteiger partial charge in [0.1, 0.15) is 16.4 Å². The van der Waals surface area contributed by atoms with Gasteiger partial charge < -0.3 is 14.8 Å². The number of nitrogens with one attached hydrogen (secondary N) is 3. The molecular weight excluding hydrogens is 370 g/mol. The van der Waals surface area contributed by atoms with Crippen LogP contribution in [0.4, 0.5) is 0 Å². The van der Waals surface area contributed by atoms with Crippen molar-refractivity contribution in [2.45, 2.75) is 38.1 Å². The maximum absolute atomic E-state index is 12.3. The number of H-pyrrole nitrogens is 1. The molecule has 3 rings (SSSR count). The number of hydrogen-bond donors (Lipinski definition) is 3. The molecule has 144 valence electrons. The Bertz CT molecular complexity index is 1020. The van der Waals surface area contributed by atoms with Crippen LogP contribution >= 0.6 is 0 Å². The highest BCUT2D eigenvalue weighted by Crippen LogP contribution is 2.18. The molecule has 0 aliphatic heterocycles. The number of nitrogens with zero attached hydrogens (tertiary/aromatic N) is 2. The van der Waals surface area contributed by atoms with E-state index in [-0.39, 0.29) is 41.3 Å². The molecule has 9 nitrogen and oxygen atoms in total. The molecule has 27 heavy (non-hydrogen) atoms. The summed E-state index contributed by atoms with van der Waals surface area (Å²) in [6.45, 7) is 4.85. The maximum atomic E-state index is 12.3. The summed E-state index contributed by atoms with van der Waals surface area (Å²) < 4.78 is 31.9. The number of amides is 1. The number of imidazole rings is 1. The number of benzene rings is 1. The molecule has 3 aromatic rings. The van der Waals surface area contributed by atoms with E-state index >= 15 is 0 Å². The number of fused-ring (bicyclic) bond motifs is 1. The van der Waals surface area contributed by atoms with Crippen molar-refractivity contribution >= 4 is 27.0 Å². The summed E-state index contributed by atoms with van der Waals surface area (Å²) in [4.78, 5) is 19.7. The first-order valence-electron chi connectivity index (χ1n) is 8.44. The van der Waals surface area contributed by atoms with Gasteiger partial charge in [-0.2, -0.15) is 0 Å². The van der Waals surface area contributed by atoms with E-state index in [1.807, 2.05) is 31.2 Å². The normalized spacial score (nSPS) is 13.0. The third-order valence-electron chi connectivity index (χ3n) is 4.08. The highest BCUT2D eigenvalue weighted by molar-refractivity contribution is 7.89. The number of aryl methyl sites for hydroxylation is 2. The molecular formula is C17H21N5O4S. The molecule has 0 aliphatic carbocycles. The average molecular weight is 391 g/mol. The predicted octanol–water partition coefficient (Wildman–Crippen LogP) is 1.71. The van der Waals surface area contributed by atoms with E-state index in [0.29, 0.717) is 5.82 Å². The molecule has 0 unspecified atom stereocenters. The number of rotatable bonds is 7. The summed E-state index contributed by atoms with van der Waals surface area (Å²) >= 11 is 0. The summed E-state index contributed by atoms with van der Waals surface area (Å²) in [5.74, 6) is 0.563. The SMILES string of the molecule is Cc1noc(C)c1S(=O)(=O)NCCC(=O)N[C@@H](C)c1nc2ccccc2[nH]1. The molecule has 0 spiro atoms. The second-order valence-corrected chi connectivity index (χ2v) is 7.93. The Kier molecular flexibility index (Phi) is 5.29. The van der Waals surface area contributed by atoms with Gasteiger partial charge in [0.15, 0.2) is 5.76 Å². The number of aromatic nitrogens is 3. The molecule has 1 atom stereocenters. The molecule has 0 fully saturated rings. The quantitative estimate of drug-likeness (QED) is 0.562. The van der Waals surface area contributed by atoms with Crippen molar-refractivity contribution in [1.29, 1.82) is 0 Å². The second-order valence-electron chi connectivity index (χ2n) is 6.23. The van der Waals surface area contributed by atoms with Crippen LogP contribution in [-0.2, 0) is 14.8 Å². The average Bonchev–Trinajstić information content (AvgIpc) is 3.18. The zero-order valence-corrected chi connectivity index (χ0v) is 16.1. The molecule has 10 heteroatoms. The summed E-state index contributed by atoms with van der Waals surface area (Å²) in [6.07, 6.45) is -0.00677. The molecule has 2 aromatic heterocycles. The van der Waals surface area contributed by atoms with Crippen LogP contribution in [0.25, 0.3) is 11.0 Å². The Balaban J connectivity index is 1.55. The minimum atomic E-state index is -3.78. The molecule has 0 saturated carbocycles. The van der Waals surface area contributed by atoms with E-state index in [4.69, 9.17) is 4.52 Å². The van der Waals surface area contributed by atoms with Gasteiger partial charge in [0.2, 0.25) is 15.9 Å². The minimum absolute atomic E-state index is 0.00677. The molecule has 0 aliphatic rings. The summed E-state index contributed by atoms with van der Waals surface area (Å²) in [6, 6.07) is 7.25. The Morgan fingerprint density at radius 2 is 2.04 bits per heavy atom. The molecule has 3 N–H and O–H groups in total. The van der Waals surface area contributed by atoms with Crippen LogP contribution < -0.4 is 10.0 Å². The van der Waals surface area contributed by atoms with Gasteiger partial charge in [-0.15, -0.1) is 0 Å². The predicted molar refractivity (Wildman–Crippen MR) is 98.4 cm³/mol. The zero-order valence-electron chi connectivity index (χ0n) is 15.2. The lowest BCUT2D eigenvalue weighted by molar-refractivity contribution is -0.121. The van der Waals surface area contributed by atoms with Gasteiger partial charge in [-0.3, -0.25) is 4.79 Å². The van der Waals surface area contributed by atoms with Crippen molar-refractivity contribution in [2.24, 2.45) is 0 Å². The number of para-hydroxylation sites is 2. The van der Waals surface area contributed by atoms with Gasteiger partial charge in [-0.1, -0.05) is 17.3 Å². The number of carbonyl (C=O) groups excluding carboxylic acids is 1. The van der Waals surface area contributed by atoms with E-state index in [0.717, 1.165) is 11.0 Å². The molecule has 1 aromatic carbocycles. The fourth-order valence-corrected chi connectivity index (χ4v) is 4.15. The van der Waals surface area contributed by atoms with Gasteiger partial charge >= 0.3 is 0 Å². The van der Waals surface area contributed by atoms with Gasteiger partial charge in [-0.25, -0.2) is 18.1 Å². The third kappa shape index (κ3) is 4.17. The van der Waals surface area contributed by atoms with Crippen molar-refractivity contribution in [3.8, 4) is 0 Å². The topological polar surface area (TPSA) is 130 Å². The van der Waals surface area contributed by atoms with E-state index < -0.39 is 10.0 Å². The largest absolute Gasteiger partial charge is 0.360 e. The Morgan fingerprint density at radius 1 is 1.30 bits per heavy atom. The molecule has 2 heterocycles. The first kappa shape index (κ1) is 19.1. The first-order valence-corrected chi connectivity index (χ1v) is 9.93. The van der Waals surface area contributed by atoms with E-state index in [1.165, 1.54) is 6.92 Å². The van der Waals surface area contributed by atoms with E-state index in [2.05, 4.69) is 25.2 Å². The lowest BCUT2D eigenvalue weighted by Gasteiger charge is -2.12. The van der Waals surface area contributed by atoms with Crippen molar-refractivity contribution in [3.63, 3.8) is 0 Å². The van der Waals surface area contributed by atoms with Gasteiger partial charge in [0.05, 0.1) is 17.1 Å². The summed E-state index contributed by atoms with van der Waals surface area (Å²) in [7, 11) is -3.78. The highest BCUT2D eigenvalue weighted by Gasteiger charge is 2.24. The van der Waals surface area contributed by atoms with Crippen LogP contribution in [0.2, 0.25) is 0 Å². The summed E-state index contributed by atoms with van der Waals surface area (Å²) in [5, 5.41) is 6.44. The number of carbonyl (C=O) groups is 1. The standard InChI is InChI=1S/C17H21N5O4S/c1-10-16(12(3)26-22-10)27(24,25)18-9-8-15(23)19-11(2)17-20-13-6-4-5-7-14(13)21-17/h4-7,11,18H,8-9H2,1-3H3,(H,19,23)(H,20,21)/t11-/m0/s1. The summed E-state index contributed by atoms with van der Waals surface area (Å²) in [5.41, 5.74) is 1.99. The molecule has 1 amide bonds. The fraction of sp³-hybridized carbons (Fsp3) is 0.353. The van der Waals surface area contributed by atoms with Crippen molar-refractivity contribution in [1.82, 2.24) is 25.2 Å². The smallest absolute Gasteiger partial charge is 0.245 e. The molecule has 0 bridgehead atoms. The van der Waals surface area contributed by atoms with E-state index in [9.17, 15) is 13.2 Å². The van der Waals surface area contributed by atoms with Gasteiger partial charge in [0.25, 0.3) is 0 Å². The monoisotopic (exact) mass is 391 g/mol. The first-order chi connectivity index (χ1) is 12.8.